The number of aromatic amines is 1. The zero-order valence-electron chi connectivity index (χ0n) is 18.0. The van der Waals surface area contributed by atoms with E-state index in [-0.39, 0.29) is 11.9 Å². The molecule has 9 nitrogen and oxygen atoms in total. The molecule has 0 radical (unpaired) electrons. The van der Waals surface area contributed by atoms with Crippen molar-refractivity contribution in [3.63, 3.8) is 0 Å². The summed E-state index contributed by atoms with van der Waals surface area (Å²) in [5.41, 5.74) is 4.09. The summed E-state index contributed by atoms with van der Waals surface area (Å²) < 4.78 is 5.68. The van der Waals surface area contributed by atoms with Gasteiger partial charge in [0, 0.05) is 29.2 Å². The van der Waals surface area contributed by atoms with Gasteiger partial charge in [0.15, 0.2) is 0 Å². The standard InChI is InChI=1S/C24H21N7O2/c1-15-7-8-20(31-26-11-12-27-31)18(14-15)24(32)30-13-3-6-21(30)23-28-22(29-33-23)17-4-2-5-19-16(17)9-10-25-19/h2,4-5,7-12,14,21,25H,3,6,13H2,1H3/t21-/m0/s1. The van der Waals surface area contributed by atoms with Gasteiger partial charge in [-0.2, -0.15) is 20.0 Å². The Morgan fingerprint density at radius 2 is 2.03 bits per heavy atom. The maximum atomic E-state index is 13.7. The monoisotopic (exact) mass is 439 g/mol. The molecule has 1 aliphatic rings. The van der Waals surface area contributed by atoms with Gasteiger partial charge < -0.3 is 14.4 Å². The molecular formula is C24H21N7O2. The maximum absolute atomic E-state index is 13.7. The fourth-order valence-corrected chi connectivity index (χ4v) is 4.52. The molecule has 9 heteroatoms. The lowest BCUT2D eigenvalue weighted by molar-refractivity contribution is 0.0709. The predicted octanol–water partition coefficient (Wildman–Crippen LogP) is 4.08. The van der Waals surface area contributed by atoms with Crippen molar-refractivity contribution in [3.8, 4) is 17.1 Å². The minimum Gasteiger partial charge on any atom is -0.361 e. The fourth-order valence-electron chi connectivity index (χ4n) is 4.52. The second-order valence-electron chi connectivity index (χ2n) is 8.20. The van der Waals surface area contributed by atoms with Gasteiger partial charge in [0.2, 0.25) is 11.7 Å². The Morgan fingerprint density at radius 3 is 2.91 bits per heavy atom. The minimum atomic E-state index is -0.275. The molecule has 33 heavy (non-hydrogen) atoms. The maximum Gasteiger partial charge on any atom is 0.256 e. The van der Waals surface area contributed by atoms with Crippen molar-refractivity contribution in [1.29, 1.82) is 0 Å². The average Bonchev–Trinajstić information content (AvgIpc) is 3.63. The van der Waals surface area contributed by atoms with Crippen LogP contribution in [0.25, 0.3) is 28.0 Å². The van der Waals surface area contributed by atoms with E-state index in [1.807, 2.05) is 60.5 Å². The van der Waals surface area contributed by atoms with Crippen molar-refractivity contribution in [2.75, 3.05) is 6.54 Å². The summed E-state index contributed by atoms with van der Waals surface area (Å²) in [6.07, 6.45) is 6.71. The smallest absolute Gasteiger partial charge is 0.256 e. The summed E-state index contributed by atoms with van der Waals surface area (Å²) in [6.45, 7) is 2.58. The first-order valence-electron chi connectivity index (χ1n) is 10.9. The van der Waals surface area contributed by atoms with Crippen LogP contribution in [-0.4, -0.2) is 47.5 Å². The third-order valence-corrected chi connectivity index (χ3v) is 6.09. The number of amides is 1. The van der Waals surface area contributed by atoms with Crippen LogP contribution in [0.5, 0.6) is 0 Å². The summed E-state index contributed by atoms with van der Waals surface area (Å²) in [6, 6.07) is 13.3. The molecule has 6 rings (SSSR count). The molecule has 0 saturated carbocycles. The summed E-state index contributed by atoms with van der Waals surface area (Å²) >= 11 is 0. The van der Waals surface area contributed by atoms with Gasteiger partial charge >= 0.3 is 0 Å². The Hall–Kier alpha value is -4.27. The van der Waals surface area contributed by atoms with Gasteiger partial charge in [-0.25, -0.2) is 0 Å². The van der Waals surface area contributed by atoms with Gasteiger partial charge in [-0.05, 0) is 44.0 Å². The van der Waals surface area contributed by atoms with Crippen LogP contribution in [0.4, 0.5) is 0 Å². The highest BCUT2D eigenvalue weighted by Crippen LogP contribution is 2.35. The zero-order valence-corrected chi connectivity index (χ0v) is 18.0. The summed E-state index contributed by atoms with van der Waals surface area (Å²) in [5.74, 6) is 0.877. The molecule has 1 atom stereocenters. The van der Waals surface area contributed by atoms with Crippen molar-refractivity contribution < 1.29 is 9.32 Å². The molecule has 5 aromatic rings. The second-order valence-corrected chi connectivity index (χ2v) is 8.20. The molecule has 4 heterocycles. The molecule has 1 fully saturated rings. The molecule has 1 N–H and O–H groups in total. The number of carbonyl (C=O) groups excluding carboxylic acids is 1. The van der Waals surface area contributed by atoms with Crippen molar-refractivity contribution in [2.24, 2.45) is 0 Å². The zero-order chi connectivity index (χ0) is 22.4. The van der Waals surface area contributed by atoms with E-state index < -0.39 is 0 Å². The van der Waals surface area contributed by atoms with Crippen LogP contribution in [0.15, 0.2) is 65.6 Å². The number of aryl methyl sites for hydroxylation is 1. The fraction of sp³-hybridized carbons (Fsp3) is 0.208. The minimum absolute atomic E-state index is 0.0963. The second kappa shape index (κ2) is 7.70. The largest absolute Gasteiger partial charge is 0.361 e. The van der Waals surface area contributed by atoms with Crippen LogP contribution in [0.1, 0.15) is 40.7 Å². The van der Waals surface area contributed by atoms with E-state index in [4.69, 9.17) is 9.51 Å². The van der Waals surface area contributed by atoms with Crippen LogP contribution in [-0.2, 0) is 0 Å². The lowest BCUT2D eigenvalue weighted by atomic mass is 10.1. The normalized spacial score (nSPS) is 16.0. The quantitative estimate of drug-likeness (QED) is 0.452. The van der Waals surface area contributed by atoms with Crippen LogP contribution in [0.3, 0.4) is 0 Å². The van der Waals surface area contributed by atoms with E-state index >= 15 is 0 Å². The Balaban J connectivity index is 1.34. The lowest BCUT2D eigenvalue weighted by Crippen LogP contribution is -2.31. The molecule has 0 bridgehead atoms. The SMILES string of the molecule is Cc1ccc(-n2nccn2)c(C(=O)N2CCC[C@H]2c2nc(-c3cccc4[nH]ccc34)no2)c1. The summed E-state index contributed by atoms with van der Waals surface area (Å²) in [7, 11) is 0. The number of hydrogen-bond acceptors (Lipinski definition) is 6. The Bertz CT molecular complexity index is 1450. The van der Waals surface area contributed by atoms with Gasteiger partial charge in [0.25, 0.3) is 5.91 Å². The van der Waals surface area contributed by atoms with Gasteiger partial charge in [-0.3, -0.25) is 4.79 Å². The third-order valence-electron chi connectivity index (χ3n) is 6.09. The number of benzene rings is 2. The highest BCUT2D eigenvalue weighted by atomic mass is 16.5. The number of rotatable bonds is 4. The van der Waals surface area contributed by atoms with Gasteiger partial charge in [-0.15, -0.1) is 0 Å². The number of likely N-dealkylation sites (tertiary alicyclic amines) is 1. The first kappa shape index (κ1) is 19.4. The number of hydrogen-bond donors (Lipinski definition) is 1. The van der Waals surface area contributed by atoms with E-state index in [9.17, 15) is 4.79 Å². The van der Waals surface area contributed by atoms with Crippen molar-refractivity contribution in [1.82, 2.24) is 35.0 Å². The Labute approximate surface area is 189 Å². The first-order valence-corrected chi connectivity index (χ1v) is 10.9. The summed E-state index contributed by atoms with van der Waals surface area (Å²) in [5, 5.41) is 13.7. The van der Waals surface area contributed by atoms with Crippen LogP contribution in [0.2, 0.25) is 0 Å². The molecule has 164 valence electrons. The summed E-state index contributed by atoms with van der Waals surface area (Å²) in [4.78, 5) is 24.9. The highest BCUT2D eigenvalue weighted by Gasteiger charge is 2.36. The lowest BCUT2D eigenvalue weighted by Gasteiger charge is -2.23. The van der Waals surface area contributed by atoms with E-state index in [1.54, 1.807) is 12.4 Å². The number of nitrogens with one attached hydrogen (secondary N) is 1. The number of H-pyrrole nitrogens is 1. The number of carbonyl (C=O) groups is 1. The number of nitrogens with zero attached hydrogens (tertiary/aromatic N) is 6. The predicted molar refractivity (Wildman–Crippen MR) is 121 cm³/mol. The Morgan fingerprint density at radius 1 is 1.15 bits per heavy atom. The van der Waals surface area contributed by atoms with Crippen molar-refractivity contribution in [3.05, 3.63) is 78.1 Å². The highest BCUT2D eigenvalue weighted by molar-refractivity contribution is 5.98. The molecule has 0 unspecified atom stereocenters. The molecule has 3 aromatic heterocycles. The van der Waals surface area contributed by atoms with Crippen molar-refractivity contribution in [2.45, 2.75) is 25.8 Å². The van der Waals surface area contributed by atoms with Gasteiger partial charge in [0.05, 0.1) is 23.6 Å². The number of aromatic nitrogens is 6. The number of fused-ring (bicyclic) bond motifs is 1. The first-order chi connectivity index (χ1) is 16.2. The average molecular weight is 439 g/mol. The third kappa shape index (κ3) is 3.29. The molecule has 0 aliphatic carbocycles. The molecule has 1 amide bonds. The molecule has 1 saturated heterocycles. The van der Waals surface area contributed by atoms with Gasteiger partial charge in [0.1, 0.15) is 6.04 Å². The molecule has 2 aromatic carbocycles. The van der Waals surface area contributed by atoms with E-state index in [0.717, 1.165) is 34.9 Å². The molecular weight excluding hydrogens is 418 g/mol. The van der Waals surface area contributed by atoms with E-state index in [1.165, 1.54) is 4.80 Å². The molecule has 1 aliphatic heterocycles. The topological polar surface area (TPSA) is 106 Å². The van der Waals surface area contributed by atoms with Crippen LogP contribution >= 0.6 is 0 Å². The molecule has 0 spiro atoms. The van der Waals surface area contributed by atoms with E-state index in [2.05, 4.69) is 20.3 Å². The van der Waals surface area contributed by atoms with Crippen LogP contribution < -0.4 is 0 Å². The van der Waals surface area contributed by atoms with E-state index in [0.29, 0.717) is 29.5 Å². The van der Waals surface area contributed by atoms with Crippen molar-refractivity contribution >= 4 is 16.8 Å². The van der Waals surface area contributed by atoms with Gasteiger partial charge in [-0.1, -0.05) is 28.9 Å². The van der Waals surface area contributed by atoms with Crippen LogP contribution in [0, 0.1) is 6.92 Å². The Kier molecular flexibility index (Phi) is 4.53.